The van der Waals surface area contributed by atoms with E-state index in [2.05, 4.69) is 0 Å². The molecule has 0 atom stereocenters. The number of aromatic hydroxyl groups is 1. The second-order valence-electron chi connectivity index (χ2n) is 5.15. The second kappa shape index (κ2) is 4.33. The van der Waals surface area contributed by atoms with Gasteiger partial charge in [-0.2, -0.15) is 0 Å². The van der Waals surface area contributed by atoms with Crippen molar-refractivity contribution in [2.75, 3.05) is 0 Å². The molecule has 0 saturated heterocycles. The van der Waals surface area contributed by atoms with Crippen LogP contribution in [0.15, 0.2) is 36.4 Å². The first-order valence-electron chi connectivity index (χ1n) is 5.85. The van der Waals surface area contributed by atoms with Crippen LogP contribution < -0.4 is 0 Å². The number of phenolic OH excluding ortho intramolecular Hbond substituents is 1. The van der Waals surface area contributed by atoms with Gasteiger partial charge in [0, 0.05) is 5.56 Å². The third-order valence-electron chi connectivity index (χ3n) is 3.21. The molecule has 0 amide bonds. The molecule has 0 aliphatic rings. The molecule has 94 valence electrons. The minimum atomic E-state index is -0.901. The van der Waals surface area contributed by atoms with Crippen LogP contribution in [0.25, 0.3) is 10.8 Å². The first-order chi connectivity index (χ1) is 8.42. The summed E-state index contributed by atoms with van der Waals surface area (Å²) < 4.78 is 0. The average molecular weight is 244 g/mol. The molecule has 3 heteroatoms. The molecular formula is C15H16O3. The Balaban J connectivity index is 2.56. The van der Waals surface area contributed by atoms with E-state index in [1.165, 1.54) is 0 Å². The monoisotopic (exact) mass is 244 g/mol. The molecule has 0 radical (unpaired) electrons. The molecule has 0 fully saturated rings. The third-order valence-corrected chi connectivity index (χ3v) is 3.21. The predicted octanol–water partition coefficient (Wildman–Crippen LogP) is 3.20. The summed E-state index contributed by atoms with van der Waals surface area (Å²) in [5.74, 6) is -0.710. The average Bonchev–Trinajstić information content (AvgIpc) is 2.32. The summed E-state index contributed by atoms with van der Waals surface area (Å²) in [4.78, 5) is 11.2. The minimum Gasteiger partial charge on any atom is -0.508 e. The lowest BCUT2D eigenvalue weighted by Gasteiger charge is -2.20. The van der Waals surface area contributed by atoms with Crippen molar-refractivity contribution in [3.05, 3.63) is 42.0 Å². The Bertz CT molecular complexity index is 600. The largest absolute Gasteiger partial charge is 0.508 e. The van der Waals surface area contributed by atoms with Crippen molar-refractivity contribution in [1.29, 1.82) is 0 Å². The Morgan fingerprint density at radius 1 is 1.17 bits per heavy atom. The summed E-state index contributed by atoms with van der Waals surface area (Å²) >= 11 is 0. The standard InChI is InChI=1S/C15H16O3/c1-15(2,14(17)18)9-12-11-6-4-3-5-10(11)7-8-13(12)16/h3-8,16H,9H2,1-2H3,(H,17,18). The van der Waals surface area contributed by atoms with Gasteiger partial charge in [0.05, 0.1) is 5.41 Å². The molecular weight excluding hydrogens is 228 g/mol. The van der Waals surface area contributed by atoms with Crippen molar-refractivity contribution in [3.63, 3.8) is 0 Å². The molecule has 0 bridgehead atoms. The van der Waals surface area contributed by atoms with Crippen molar-refractivity contribution in [2.24, 2.45) is 5.41 Å². The topological polar surface area (TPSA) is 57.5 Å². The Morgan fingerprint density at radius 3 is 2.50 bits per heavy atom. The maximum atomic E-state index is 11.2. The van der Waals surface area contributed by atoms with Crippen LogP contribution in [0, 0.1) is 5.41 Å². The zero-order valence-corrected chi connectivity index (χ0v) is 10.5. The number of aliphatic carboxylic acids is 1. The van der Waals surface area contributed by atoms with Crippen molar-refractivity contribution in [2.45, 2.75) is 20.3 Å². The normalized spacial score (nSPS) is 11.7. The van der Waals surface area contributed by atoms with Crippen molar-refractivity contribution < 1.29 is 15.0 Å². The van der Waals surface area contributed by atoms with Crippen LogP contribution in [0.3, 0.4) is 0 Å². The predicted molar refractivity (Wildman–Crippen MR) is 70.7 cm³/mol. The number of hydrogen-bond donors (Lipinski definition) is 2. The highest BCUT2D eigenvalue weighted by Crippen LogP contribution is 2.33. The number of phenols is 1. The van der Waals surface area contributed by atoms with E-state index in [9.17, 15) is 15.0 Å². The fraction of sp³-hybridized carbons (Fsp3) is 0.267. The minimum absolute atomic E-state index is 0.156. The molecule has 0 unspecified atom stereocenters. The lowest BCUT2D eigenvalue weighted by Crippen LogP contribution is -2.26. The van der Waals surface area contributed by atoms with E-state index in [1.54, 1.807) is 19.9 Å². The smallest absolute Gasteiger partial charge is 0.309 e. The SMILES string of the molecule is CC(C)(Cc1c(O)ccc2ccccc12)C(=O)O. The number of hydrogen-bond acceptors (Lipinski definition) is 2. The Morgan fingerprint density at radius 2 is 1.83 bits per heavy atom. The molecule has 18 heavy (non-hydrogen) atoms. The molecule has 2 N–H and O–H groups in total. The van der Waals surface area contributed by atoms with Gasteiger partial charge in [0.2, 0.25) is 0 Å². The fourth-order valence-corrected chi connectivity index (χ4v) is 2.03. The number of carboxylic acid groups (broad SMARTS) is 1. The number of carbonyl (C=O) groups is 1. The quantitative estimate of drug-likeness (QED) is 0.871. The lowest BCUT2D eigenvalue weighted by atomic mass is 9.84. The highest BCUT2D eigenvalue weighted by atomic mass is 16.4. The van der Waals surface area contributed by atoms with E-state index in [4.69, 9.17) is 0 Å². The van der Waals surface area contributed by atoms with E-state index in [0.717, 1.165) is 10.8 Å². The van der Waals surface area contributed by atoms with Crippen molar-refractivity contribution in [1.82, 2.24) is 0 Å². The molecule has 3 nitrogen and oxygen atoms in total. The molecule has 2 aromatic carbocycles. The highest BCUT2D eigenvalue weighted by Gasteiger charge is 2.29. The van der Waals surface area contributed by atoms with Gasteiger partial charge >= 0.3 is 5.97 Å². The Hall–Kier alpha value is -2.03. The summed E-state index contributed by atoms with van der Waals surface area (Å²) in [6, 6.07) is 11.1. The molecule has 0 spiro atoms. The zero-order chi connectivity index (χ0) is 13.3. The van der Waals surface area contributed by atoms with Crippen molar-refractivity contribution >= 4 is 16.7 Å². The van der Waals surface area contributed by atoms with Gasteiger partial charge in [0.25, 0.3) is 0 Å². The summed E-state index contributed by atoms with van der Waals surface area (Å²) in [6.07, 6.45) is 0.301. The Labute approximate surface area is 106 Å². The molecule has 0 aliphatic heterocycles. The van der Waals surface area contributed by atoms with Crippen LogP contribution in [-0.2, 0) is 11.2 Å². The van der Waals surface area contributed by atoms with E-state index < -0.39 is 11.4 Å². The van der Waals surface area contributed by atoms with E-state index in [0.29, 0.717) is 12.0 Å². The van der Waals surface area contributed by atoms with E-state index in [1.807, 2.05) is 30.3 Å². The van der Waals surface area contributed by atoms with E-state index >= 15 is 0 Å². The van der Waals surface area contributed by atoms with Gasteiger partial charge in [-0.15, -0.1) is 0 Å². The molecule has 2 rings (SSSR count). The number of benzene rings is 2. The van der Waals surface area contributed by atoms with Gasteiger partial charge in [0.15, 0.2) is 0 Å². The maximum absolute atomic E-state index is 11.2. The second-order valence-corrected chi connectivity index (χ2v) is 5.15. The number of fused-ring (bicyclic) bond motifs is 1. The highest BCUT2D eigenvalue weighted by molar-refractivity contribution is 5.88. The summed E-state index contributed by atoms with van der Waals surface area (Å²) in [7, 11) is 0. The van der Waals surface area contributed by atoms with Crippen LogP contribution >= 0.6 is 0 Å². The van der Waals surface area contributed by atoms with Crippen LogP contribution in [0.5, 0.6) is 5.75 Å². The fourth-order valence-electron chi connectivity index (χ4n) is 2.03. The lowest BCUT2D eigenvalue weighted by molar-refractivity contribution is -0.146. The van der Waals surface area contributed by atoms with Gasteiger partial charge in [-0.1, -0.05) is 30.3 Å². The third kappa shape index (κ3) is 2.16. The number of rotatable bonds is 3. The molecule has 2 aromatic rings. The molecule has 0 saturated carbocycles. The summed E-state index contributed by atoms with van der Waals surface area (Å²) in [5.41, 5.74) is -0.206. The Kier molecular flexibility index (Phi) is 2.99. The summed E-state index contributed by atoms with van der Waals surface area (Å²) in [5, 5.41) is 21.1. The van der Waals surface area contributed by atoms with Gasteiger partial charge in [-0.05, 0) is 37.1 Å². The van der Waals surface area contributed by atoms with Gasteiger partial charge in [-0.3, -0.25) is 4.79 Å². The molecule has 0 heterocycles. The van der Waals surface area contributed by atoms with Crippen LogP contribution in [-0.4, -0.2) is 16.2 Å². The zero-order valence-electron chi connectivity index (χ0n) is 10.5. The van der Waals surface area contributed by atoms with Crippen LogP contribution in [0.2, 0.25) is 0 Å². The van der Waals surface area contributed by atoms with Gasteiger partial charge in [-0.25, -0.2) is 0 Å². The van der Waals surface area contributed by atoms with Crippen LogP contribution in [0.1, 0.15) is 19.4 Å². The van der Waals surface area contributed by atoms with Gasteiger partial charge < -0.3 is 10.2 Å². The van der Waals surface area contributed by atoms with Crippen LogP contribution in [0.4, 0.5) is 0 Å². The van der Waals surface area contributed by atoms with Crippen molar-refractivity contribution in [3.8, 4) is 5.75 Å². The first-order valence-corrected chi connectivity index (χ1v) is 5.85. The van der Waals surface area contributed by atoms with E-state index in [-0.39, 0.29) is 5.75 Å². The molecule has 0 aromatic heterocycles. The summed E-state index contributed by atoms with van der Waals surface area (Å²) in [6.45, 7) is 3.33. The maximum Gasteiger partial charge on any atom is 0.309 e. The van der Waals surface area contributed by atoms with Gasteiger partial charge in [0.1, 0.15) is 5.75 Å². The molecule has 0 aliphatic carbocycles. The number of carboxylic acids is 1. The first kappa shape index (κ1) is 12.4.